The molecule has 0 radical (unpaired) electrons. The van der Waals surface area contributed by atoms with Gasteiger partial charge in [-0.3, -0.25) is 4.79 Å². The molecule has 2 nitrogen and oxygen atoms in total. The minimum Gasteiger partial charge on any atom is -0.481 e. The largest absolute Gasteiger partial charge is 0.481 e. The van der Waals surface area contributed by atoms with Gasteiger partial charge in [-0.25, -0.2) is 0 Å². The summed E-state index contributed by atoms with van der Waals surface area (Å²) in [6.45, 7) is 1.86. The van der Waals surface area contributed by atoms with Gasteiger partial charge in [0.25, 0.3) is 0 Å². The minimum atomic E-state index is -0.816. The lowest BCUT2D eigenvalue weighted by molar-refractivity contribution is -0.137. The molecule has 0 amide bonds. The van der Waals surface area contributed by atoms with Crippen LogP contribution in [0.3, 0.4) is 0 Å². The van der Waals surface area contributed by atoms with Crippen molar-refractivity contribution in [3.63, 3.8) is 0 Å². The van der Waals surface area contributed by atoms with Gasteiger partial charge in [-0.2, -0.15) is 0 Å². The normalized spacial score (nSPS) is 13.7. The summed E-state index contributed by atoms with van der Waals surface area (Å²) in [5.74, 6) is -0.916. The van der Waals surface area contributed by atoms with Crippen molar-refractivity contribution in [2.45, 2.75) is 18.7 Å². The van der Waals surface area contributed by atoms with Crippen molar-refractivity contribution in [3.8, 4) is 11.1 Å². The summed E-state index contributed by atoms with van der Waals surface area (Å²) < 4.78 is 0. The number of rotatable bonds is 5. The third-order valence-electron chi connectivity index (χ3n) is 3.33. The summed E-state index contributed by atoms with van der Waals surface area (Å²) in [5, 5.41) is 8.53. The number of carboxylic acid groups (broad SMARTS) is 1. The lowest BCUT2D eigenvalue weighted by atomic mass is 9.95. The molecule has 0 saturated heterocycles. The second kappa shape index (κ2) is 6.58. The van der Waals surface area contributed by atoms with Crippen molar-refractivity contribution in [2.75, 3.05) is 0 Å². The van der Waals surface area contributed by atoms with Crippen molar-refractivity contribution in [1.82, 2.24) is 0 Å². The quantitative estimate of drug-likeness (QED) is 0.807. The SMILES string of the molecule is CC(CC(=O)O)C(Cl)c1ccc(-c2ccccc2)cc1. The van der Waals surface area contributed by atoms with E-state index in [0.29, 0.717) is 0 Å². The van der Waals surface area contributed by atoms with Crippen LogP contribution < -0.4 is 0 Å². The molecule has 2 aromatic rings. The molecule has 0 spiro atoms. The Labute approximate surface area is 124 Å². The average molecular weight is 289 g/mol. The summed E-state index contributed by atoms with van der Waals surface area (Å²) >= 11 is 6.34. The van der Waals surface area contributed by atoms with Crippen LogP contribution in [0.1, 0.15) is 24.3 Å². The molecule has 20 heavy (non-hydrogen) atoms. The van der Waals surface area contributed by atoms with Crippen LogP contribution in [0.5, 0.6) is 0 Å². The Morgan fingerprint density at radius 3 is 2.15 bits per heavy atom. The standard InChI is InChI=1S/C17H17ClO2/c1-12(11-16(19)20)17(18)15-9-7-14(8-10-15)13-5-3-2-4-6-13/h2-10,12,17H,11H2,1H3,(H,19,20). The third-order valence-corrected chi connectivity index (χ3v) is 4.01. The molecule has 0 aromatic heterocycles. The van der Waals surface area contributed by atoms with Crippen LogP contribution in [-0.2, 0) is 4.79 Å². The van der Waals surface area contributed by atoms with E-state index in [1.54, 1.807) is 0 Å². The summed E-state index contributed by atoms with van der Waals surface area (Å²) in [4.78, 5) is 10.7. The molecule has 2 atom stereocenters. The Balaban J connectivity index is 2.14. The summed E-state index contributed by atoms with van der Waals surface area (Å²) in [5.41, 5.74) is 3.24. The number of hydrogen-bond acceptors (Lipinski definition) is 1. The molecule has 3 heteroatoms. The smallest absolute Gasteiger partial charge is 0.303 e. The number of aliphatic carboxylic acids is 1. The molecule has 0 aliphatic heterocycles. The zero-order valence-corrected chi connectivity index (χ0v) is 12.0. The monoisotopic (exact) mass is 288 g/mol. The number of alkyl halides is 1. The predicted octanol–water partition coefficient (Wildman–Crippen LogP) is 4.74. The number of hydrogen-bond donors (Lipinski definition) is 1. The molecular weight excluding hydrogens is 272 g/mol. The van der Waals surface area contributed by atoms with Crippen molar-refractivity contribution in [3.05, 3.63) is 60.2 Å². The van der Waals surface area contributed by atoms with Crippen LogP contribution in [0.2, 0.25) is 0 Å². The Morgan fingerprint density at radius 1 is 1.05 bits per heavy atom. The van der Waals surface area contributed by atoms with Crippen LogP contribution in [-0.4, -0.2) is 11.1 Å². The van der Waals surface area contributed by atoms with Gasteiger partial charge in [0.1, 0.15) is 0 Å². The fourth-order valence-electron chi connectivity index (χ4n) is 2.20. The molecule has 2 rings (SSSR count). The highest BCUT2D eigenvalue weighted by Crippen LogP contribution is 2.32. The highest BCUT2D eigenvalue weighted by Gasteiger charge is 2.19. The van der Waals surface area contributed by atoms with E-state index in [-0.39, 0.29) is 17.7 Å². The van der Waals surface area contributed by atoms with E-state index in [0.717, 1.165) is 16.7 Å². The molecule has 1 N–H and O–H groups in total. The maximum absolute atomic E-state index is 10.7. The highest BCUT2D eigenvalue weighted by atomic mass is 35.5. The van der Waals surface area contributed by atoms with Crippen LogP contribution >= 0.6 is 11.6 Å². The van der Waals surface area contributed by atoms with E-state index in [1.807, 2.05) is 49.4 Å². The zero-order chi connectivity index (χ0) is 14.5. The Bertz CT molecular complexity index is 563. The first kappa shape index (κ1) is 14.6. The van der Waals surface area contributed by atoms with Gasteiger partial charge in [0.05, 0.1) is 5.38 Å². The van der Waals surface area contributed by atoms with E-state index < -0.39 is 5.97 Å². The highest BCUT2D eigenvalue weighted by molar-refractivity contribution is 6.21. The van der Waals surface area contributed by atoms with Crippen molar-refractivity contribution in [1.29, 1.82) is 0 Å². The van der Waals surface area contributed by atoms with E-state index >= 15 is 0 Å². The Morgan fingerprint density at radius 2 is 1.60 bits per heavy atom. The Hall–Kier alpha value is -1.80. The second-order valence-electron chi connectivity index (χ2n) is 4.96. The first-order chi connectivity index (χ1) is 9.58. The van der Waals surface area contributed by atoms with Gasteiger partial charge in [-0.05, 0) is 22.6 Å². The van der Waals surface area contributed by atoms with Crippen molar-refractivity contribution in [2.24, 2.45) is 5.92 Å². The molecule has 0 saturated carbocycles. The molecule has 0 fully saturated rings. The summed E-state index contributed by atoms with van der Waals surface area (Å²) in [7, 11) is 0. The van der Waals surface area contributed by atoms with Crippen molar-refractivity contribution >= 4 is 17.6 Å². The molecular formula is C17H17ClO2. The van der Waals surface area contributed by atoms with Crippen LogP contribution in [0.4, 0.5) is 0 Å². The summed E-state index contributed by atoms with van der Waals surface area (Å²) in [6.07, 6.45) is 0.0780. The van der Waals surface area contributed by atoms with E-state index in [9.17, 15) is 4.79 Å². The lowest BCUT2D eigenvalue weighted by Gasteiger charge is -2.16. The number of carbonyl (C=O) groups is 1. The van der Waals surface area contributed by atoms with Gasteiger partial charge in [0, 0.05) is 6.42 Å². The minimum absolute atomic E-state index is 0.0780. The fraction of sp³-hybridized carbons (Fsp3) is 0.235. The molecule has 2 aromatic carbocycles. The number of halogens is 1. The van der Waals surface area contributed by atoms with Gasteiger partial charge in [0.2, 0.25) is 0 Å². The van der Waals surface area contributed by atoms with E-state index in [4.69, 9.17) is 16.7 Å². The maximum atomic E-state index is 10.7. The van der Waals surface area contributed by atoms with Crippen LogP contribution in [0.15, 0.2) is 54.6 Å². The second-order valence-corrected chi connectivity index (χ2v) is 5.44. The van der Waals surface area contributed by atoms with Gasteiger partial charge >= 0.3 is 5.97 Å². The predicted molar refractivity (Wildman–Crippen MR) is 81.9 cm³/mol. The van der Waals surface area contributed by atoms with Gasteiger partial charge in [0.15, 0.2) is 0 Å². The molecule has 104 valence electrons. The zero-order valence-electron chi connectivity index (χ0n) is 11.3. The van der Waals surface area contributed by atoms with Crippen molar-refractivity contribution < 1.29 is 9.90 Å². The van der Waals surface area contributed by atoms with E-state index in [2.05, 4.69) is 12.1 Å². The number of benzene rings is 2. The molecule has 0 heterocycles. The maximum Gasteiger partial charge on any atom is 0.303 e. The number of carboxylic acids is 1. The molecule has 2 unspecified atom stereocenters. The van der Waals surface area contributed by atoms with E-state index in [1.165, 1.54) is 0 Å². The van der Waals surface area contributed by atoms with Gasteiger partial charge < -0.3 is 5.11 Å². The average Bonchev–Trinajstić information content (AvgIpc) is 2.47. The van der Waals surface area contributed by atoms with Gasteiger partial charge in [-0.15, -0.1) is 11.6 Å². The van der Waals surface area contributed by atoms with Gasteiger partial charge in [-0.1, -0.05) is 61.5 Å². The molecule has 0 bridgehead atoms. The topological polar surface area (TPSA) is 37.3 Å². The lowest BCUT2D eigenvalue weighted by Crippen LogP contribution is -2.09. The van der Waals surface area contributed by atoms with Crippen LogP contribution in [0, 0.1) is 5.92 Å². The molecule has 0 aliphatic rings. The third kappa shape index (κ3) is 3.61. The first-order valence-electron chi connectivity index (χ1n) is 6.59. The Kier molecular flexibility index (Phi) is 4.80. The van der Waals surface area contributed by atoms with Crippen LogP contribution in [0.25, 0.3) is 11.1 Å². The fourth-order valence-corrected chi connectivity index (χ4v) is 2.43. The summed E-state index contributed by atoms with van der Waals surface area (Å²) in [6, 6.07) is 18.1. The first-order valence-corrected chi connectivity index (χ1v) is 7.03. The molecule has 0 aliphatic carbocycles.